The van der Waals surface area contributed by atoms with E-state index in [1.165, 1.54) is 4.90 Å². The Labute approximate surface area is 153 Å². The first-order valence-electron chi connectivity index (χ1n) is 8.75. The molecule has 1 heterocycles. The molecule has 0 spiro atoms. The predicted molar refractivity (Wildman–Crippen MR) is 96.9 cm³/mol. The number of benzene rings is 1. The van der Waals surface area contributed by atoms with Crippen LogP contribution in [0.2, 0.25) is 0 Å². The third kappa shape index (κ3) is 5.21. The van der Waals surface area contributed by atoms with Crippen LogP contribution in [0.1, 0.15) is 39.7 Å². The van der Waals surface area contributed by atoms with Crippen molar-refractivity contribution in [2.75, 3.05) is 18.1 Å². The number of hydrogen-bond donors (Lipinski definition) is 1. The maximum Gasteiger partial charge on any atom is 0.408 e. The molecule has 0 saturated heterocycles. The number of anilines is 1. The molecule has 0 aliphatic carbocycles. The van der Waals surface area contributed by atoms with Gasteiger partial charge >= 0.3 is 12.1 Å². The van der Waals surface area contributed by atoms with Crippen LogP contribution < -0.4 is 10.2 Å². The highest BCUT2D eigenvalue weighted by Crippen LogP contribution is 2.27. The first kappa shape index (κ1) is 19.8. The molecule has 1 atom stereocenters. The summed E-state index contributed by atoms with van der Waals surface area (Å²) in [5.74, 6) is -0.837. The molecule has 0 saturated carbocycles. The van der Waals surface area contributed by atoms with E-state index in [0.29, 0.717) is 25.1 Å². The van der Waals surface area contributed by atoms with E-state index in [1.807, 2.05) is 19.1 Å². The summed E-state index contributed by atoms with van der Waals surface area (Å²) in [6, 6.07) is 6.52. The monoisotopic (exact) mass is 362 g/mol. The minimum atomic E-state index is -0.793. The number of hydrogen-bond acceptors (Lipinski definition) is 5. The number of para-hydroxylation sites is 1. The fraction of sp³-hybridized carbons (Fsp3) is 0.526. The van der Waals surface area contributed by atoms with Gasteiger partial charge in [-0.2, -0.15) is 0 Å². The van der Waals surface area contributed by atoms with Gasteiger partial charge in [0.2, 0.25) is 0 Å². The summed E-state index contributed by atoms with van der Waals surface area (Å²) in [5.41, 5.74) is 0.869. The second-order valence-electron chi connectivity index (χ2n) is 7.18. The summed E-state index contributed by atoms with van der Waals surface area (Å²) in [5, 5.41) is 2.61. The zero-order valence-electron chi connectivity index (χ0n) is 15.7. The van der Waals surface area contributed by atoms with Crippen molar-refractivity contribution in [3.8, 4) is 0 Å². The zero-order valence-corrected chi connectivity index (χ0v) is 15.7. The van der Waals surface area contributed by atoms with Gasteiger partial charge in [0.05, 0.1) is 6.61 Å². The average molecular weight is 362 g/mol. The van der Waals surface area contributed by atoms with E-state index in [2.05, 4.69) is 5.32 Å². The van der Waals surface area contributed by atoms with Crippen LogP contribution in [0.4, 0.5) is 10.5 Å². The van der Waals surface area contributed by atoms with Crippen LogP contribution in [0, 0.1) is 0 Å². The highest BCUT2D eigenvalue weighted by molar-refractivity contribution is 6.04. The van der Waals surface area contributed by atoms with Crippen LogP contribution in [0.25, 0.3) is 0 Å². The maximum absolute atomic E-state index is 12.8. The highest BCUT2D eigenvalue weighted by atomic mass is 16.6. The molecule has 0 bridgehead atoms. The molecule has 0 radical (unpaired) electrons. The lowest BCUT2D eigenvalue weighted by Crippen LogP contribution is -2.54. The van der Waals surface area contributed by atoms with Crippen molar-refractivity contribution in [2.24, 2.45) is 0 Å². The Morgan fingerprint density at radius 3 is 2.62 bits per heavy atom. The number of nitrogens with one attached hydrogen (secondary N) is 1. The molecule has 0 aromatic heterocycles. The predicted octanol–water partition coefficient (Wildman–Crippen LogP) is 2.42. The minimum absolute atomic E-state index is 0.192. The van der Waals surface area contributed by atoms with Crippen LogP contribution in [0.5, 0.6) is 0 Å². The summed E-state index contributed by atoms with van der Waals surface area (Å²) in [6.07, 6.45) is 0.386. The Balaban J connectivity index is 2.17. The van der Waals surface area contributed by atoms with E-state index in [1.54, 1.807) is 32.9 Å². The summed E-state index contributed by atoms with van der Waals surface area (Å²) in [7, 11) is 0. The Bertz CT molecular complexity index is 681. The van der Waals surface area contributed by atoms with E-state index < -0.39 is 23.7 Å². The molecule has 0 fully saturated rings. The van der Waals surface area contributed by atoms with Gasteiger partial charge in [0.25, 0.3) is 5.91 Å². The molecule has 2 amide bonds. The molecular formula is C19H26N2O5. The van der Waals surface area contributed by atoms with Crippen LogP contribution >= 0.6 is 0 Å². The topological polar surface area (TPSA) is 84.9 Å². The molecule has 26 heavy (non-hydrogen) atoms. The average Bonchev–Trinajstić information content (AvgIpc) is 2.55. The number of esters is 1. The minimum Gasteiger partial charge on any atom is -0.464 e. The molecule has 1 aromatic carbocycles. The molecule has 1 aliphatic rings. The molecule has 1 N–H and O–H groups in total. The van der Waals surface area contributed by atoms with Crippen molar-refractivity contribution >= 4 is 23.7 Å². The Kier molecular flexibility index (Phi) is 6.23. The number of fused-ring (bicyclic) bond motifs is 1. The molecule has 7 nitrogen and oxygen atoms in total. The van der Waals surface area contributed by atoms with Crippen molar-refractivity contribution in [1.29, 1.82) is 0 Å². The van der Waals surface area contributed by atoms with Crippen LogP contribution in [0.15, 0.2) is 24.3 Å². The summed E-state index contributed by atoms with van der Waals surface area (Å²) in [4.78, 5) is 38.3. The van der Waals surface area contributed by atoms with E-state index in [9.17, 15) is 14.4 Å². The number of rotatable bonds is 5. The molecule has 1 aromatic rings. The Morgan fingerprint density at radius 2 is 1.96 bits per heavy atom. The van der Waals surface area contributed by atoms with Gasteiger partial charge in [-0.15, -0.1) is 0 Å². The smallest absolute Gasteiger partial charge is 0.408 e. The van der Waals surface area contributed by atoms with Crippen LogP contribution in [-0.4, -0.2) is 42.8 Å². The van der Waals surface area contributed by atoms with Gasteiger partial charge in [-0.1, -0.05) is 25.1 Å². The lowest BCUT2D eigenvalue weighted by atomic mass is 9.97. The third-order valence-electron chi connectivity index (χ3n) is 3.72. The second-order valence-corrected chi connectivity index (χ2v) is 7.18. The van der Waals surface area contributed by atoms with E-state index in [-0.39, 0.29) is 12.5 Å². The normalized spacial score (nSPS) is 16.7. The summed E-state index contributed by atoms with van der Waals surface area (Å²) < 4.78 is 10.3. The first-order chi connectivity index (χ1) is 12.2. The summed E-state index contributed by atoms with van der Waals surface area (Å²) in [6.45, 7) is 7.27. The molecular weight excluding hydrogens is 336 g/mol. The van der Waals surface area contributed by atoms with Crippen molar-refractivity contribution in [3.05, 3.63) is 29.8 Å². The van der Waals surface area contributed by atoms with Crippen molar-refractivity contribution in [2.45, 2.75) is 52.2 Å². The fourth-order valence-electron chi connectivity index (χ4n) is 2.68. The largest absolute Gasteiger partial charge is 0.464 e. The van der Waals surface area contributed by atoms with Crippen molar-refractivity contribution in [1.82, 2.24) is 5.32 Å². The van der Waals surface area contributed by atoms with Gasteiger partial charge in [-0.25, -0.2) is 4.79 Å². The van der Waals surface area contributed by atoms with E-state index >= 15 is 0 Å². The lowest BCUT2D eigenvalue weighted by molar-refractivity contribution is -0.143. The maximum atomic E-state index is 12.8. The molecule has 1 aliphatic heterocycles. The lowest BCUT2D eigenvalue weighted by Gasteiger charge is -2.34. The summed E-state index contributed by atoms with van der Waals surface area (Å²) >= 11 is 0. The number of carbonyl (C=O) groups is 3. The fourth-order valence-corrected chi connectivity index (χ4v) is 2.68. The Morgan fingerprint density at radius 1 is 1.27 bits per heavy atom. The molecule has 7 heteroatoms. The third-order valence-corrected chi connectivity index (χ3v) is 3.72. The second kappa shape index (κ2) is 8.21. The van der Waals surface area contributed by atoms with Gasteiger partial charge in [0, 0.05) is 12.1 Å². The Hall–Kier alpha value is -2.57. The molecule has 0 unspecified atom stereocenters. The van der Waals surface area contributed by atoms with E-state index in [4.69, 9.17) is 9.47 Å². The number of carbonyl (C=O) groups excluding carboxylic acids is 3. The standard InChI is InChI=1S/C19H26N2O5/c1-5-10-25-16(22)12-21-15-9-7-6-8-13(15)11-14(17(21)23)20-18(24)26-19(2,3)4/h6-9,14H,5,10-12H2,1-4H3,(H,20,24)/t14-/m0/s1. The number of nitrogens with zero attached hydrogens (tertiary/aromatic N) is 1. The van der Waals surface area contributed by atoms with Crippen molar-refractivity contribution < 1.29 is 23.9 Å². The zero-order chi connectivity index (χ0) is 19.3. The van der Waals surface area contributed by atoms with Gasteiger partial charge in [-0.3, -0.25) is 14.5 Å². The van der Waals surface area contributed by atoms with Crippen LogP contribution in [-0.2, 0) is 25.5 Å². The number of amides is 2. The van der Waals surface area contributed by atoms with Gasteiger partial charge in [0.15, 0.2) is 0 Å². The van der Waals surface area contributed by atoms with Gasteiger partial charge in [-0.05, 0) is 38.8 Å². The van der Waals surface area contributed by atoms with Gasteiger partial charge in [0.1, 0.15) is 18.2 Å². The van der Waals surface area contributed by atoms with Crippen LogP contribution in [0.3, 0.4) is 0 Å². The van der Waals surface area contributed by atoms with E-state index in [0.717, 1.165) is 5.56 Å². The van der Waals surface area contributed by atoms with Gasteiger partial charge < -0.3 is 14.8 Å². The quantitative estimate of drug-likeness (QED) is 0.813. The van der Waals surface area contributed by atoms with Crippen molar-refractivity contribution in [3.63, 3.8) is 0 Å². The molecule has 142 valence electrons. The number of alkyl carbamates (subject to hydrolysis) is 1. The number of ether oxygens (including phenoxy) is 2. The SMILES string of the molecule is CCCOC(=O)CN1C(=O)[C@@H](NC(=O)OC(C)(C)C)Cc2ccccc21. The highest BCUT2D eigenvalue weighted by Gasteiger charge is 2.35. The first-order valence-corrected chi connectivity index (χ1v) is 8.75. The molecule has 2 rings (SSSR count).